The average molecular weight is 202 g/mol. The first kappa shape index (κ1) is 9.22. The zero-order valence-corrected chi connectivity index (χ0v) is 9.26. The van der Waals surface area contributed by atoms with Crippen LogP contribution in [-0.2, 0) is 0 Å². The van der Waals surface area contributed by atoms with E-state index in [1.54, 1.807) is 0 Å². The van der Waals surface area contributed by atoms with Crippen molar-refractivity contribution < 1.29 is 0 Å². The topological polar surface area (TPSA) is 6.48 Å². The third-order valence-corrected chi connectivity index (χ3v) is 3.97. The summed E-state index contributed by atoms with van der Waals surface area (Å²) in [5, 5.41) is 0. The van der Waals surface area contributed by atoms with Gasteiger partial charge >= 0.3 is 0 Å². The minimum Gasteiger partial charge on any atom is -0.368 e. The molecule has 0 spiro atoms. The van der Waals surface area contributed by atoms with Crippen LogP contribution < -0.4 is 4.90 Å². The van der Waals surface area contributed by atoms with Gasteiger partial charge in [0.05, 0.1) is 0 Å². The van der Waals surface area contributed by atoms with E-state index in [2.05, 4.69) is 47.2 Å². The lowest BCUT2D eigenvalue weighted by Crippen LogP contribution is -2.51. The van der Waals surface area contributed by atoms with E-state index in [-0.39, 0.29) is 0 Å². The molecule has 2 aliphatic rings. The number of fused-ring (bicyclic) bond motifs is 2. The minimum atomic E-state index is 0.781. The van der Waals surface area contributed by atoms with Gasteiger partial charge in [-0.3, -0.25) is 4.90 Å². The van der Waals surface area contributed by atoms with Crippen LogP contribution in [0.15, 0.2) is 30.3 Å². The van der Waals surface area contributed by atoms with E-state index in [4.69, 9.17) is 0 Å². The van der Waals surface area contributed by atoms with Crippen molar-refractivity contribution in [2.24, 2.45) is 0 Å². The summed E-state index contributed by atoms with van der Waals surface area (Å²) in [6.07, 6.45) is 2.76. The van der Waals surface area contributed by atoms with Gasteiger partial charge in [-0.1, -0.05) is 18.2 Å². The molecule has 2 saturated heterocycles. The number of nitrogens with zero attached hydrogens (tertiary/aromatic N) is 2. The largest absolute Gasteiger partial charge is 0.368 e. The van der Waals surface area contributed by atoms with Gasteiger partial charge in [0, 0.05) is 30.9 Å². The standard InChI is InChI=1S/C13H18N2/c1-14-12-7-8-13(14)10-15(9-12)11-5-3-2-4-6-11/h2-6,12-13H,7-10H2,1H3. The first-order valence-corrected chi connectivity index (χ1v) is 5.86. The second kappa shape index (κ2) is 3.53. The number of rotatable bonds is 1. The maximum Gasteiger partial charge on any atom is 0.0367 e. The van der Waals surface area contributed by atoms with Gasteiger partial charge in [-0.25, -0.2) is 0 Å². The molecule has 1 aromatic rings. The zero-order chi connectivity index (χ0) is 10.3. The van der Waals surface area contributed by atoms with Gasteiger partial charge in [-0.05, 0) is 32.0 Å². The minimum absolute atomic E-state index is 0.781. The Labute approximate surface area is 91.5 Å². The van der Waals surface area contributed by atoms with Crippen LogP contribution >= 0.6 is 0 Å². The summed E-state index contributed by atoms with van der Waals surface area (Å²) in [5.41, 5.74) is 1.39. The molecule has 0 aromatic heterocycles. The molecule has 2 nitrogen and oxygen atoms in total. The normalized spacial score (nSPS) is 30.9. The second-order valence-electron chi connectivity index (χ2n) is 4.79. The third kappa shape index (κ3) is 1.53. The molecule has 15 heavy (non-hydrogen) atoms. The van der Waals surface area contributed by atoms with E-state index >= 15 is 0 Å². The van der Waals surface area contributed by atoms with E-state index < -0.39 is 0 Å². The first-order valence-electron chi connectivity index (χ1n) is 5.86. The Balaban J connectivity index is 1.81. The van der Waals surface area contributed by atoms with Crippen molar-refractivity contribution in [2.75, 3.05) is 25.0 Å². The van der Waals surface area contributed by atoms with Crippen LogP contribution in [0.4, 0.5) is 5.69 Å². The van der Waals surface area contributed by atoms with Crippen LogP contribution in [-0.4, -0.2) is 37.1 Å². The predicted octanol–water partition coefficient (Wildman–Crippen LogP) is 1.97. The second-order valence-corrected chi connectivity index (χ2v) is 4.79. The fourth-order valence-electron chi connectivity index (χ4n) is 2.96. The average Bonchev–Trinajstić information content (AvgIpc) is 2.54. The number of benzene rings is 1. The molecule has 80 valence electrons. The van der Waals surface area contributed by atoms with Crippen molar-refractivity contribution in [3.63, 3.8) is 0 Å². The Hall–Kier alpha value is -1.02. The SMILES string of the molecule is CN1C2CCC1CN(c1ccccc1)C2. The van der Waals surface area contributed by atoms with Crippen LogP contribution in [0.25, 0.3) is 0 Å². The van der Waals surface area contributed by atoms with E-state index in [1.807, 2.05) is 0 Å². The number of likely N-dealkylation sites (N-methyl/N-ethyl adjacent to an activating group) is 1. The van der Waals surface area contributed by atoms with Gasteiger partial charge in [0.15, 0.2) is 0 Å². The van der Waals surface area contributed by atoms with Gasteiger partial charge in [-0.2, -0.15) is 0 Å². The van der Waals surface area contributed by atoms with E-state index in [9.17, 15) is 0 Å². The van der Waals surface area contributed by atoms with Gasteiger partial charge in [-0.15, -0.1) is 0 Å². The summed E-state index contributed by atoms with van der Waals surface area (Å²) in [4.78, 5) is 5.11. The molecule has 2 bridgehead atoms. The lowest BCUT2D eigenvalue weighted by Gasteiger charge is -2.40. The van der Waals surface area contributed by atoms with Crippen LogP contribution in [0, 0.1) is 0 Å². The highest BCUT2D eigenvalue weighted by atomic mass is 15.3. The van der Waals surface area contributed by atoms with Crippen LogP contribution in [0.3, 0.4) is 0 Å². The zero-order valence-electron chi connectivity index (χ0n) is 9.26. The van der Waals surface area contributed by atoms with E-state index in [0.717, 1.165) is 12.1 Å². The number of para-hydroxylation sites is 1. The van der Waals surface area contributed by atoms with Crippen molar-refractivity contribution in [1.82, 2.24) is 4.90 Å². The highest BCUT2D eigenvalue weighted by Crippen LogP contribution is 2.30. The molecule has 0 saturated carbocycles. The Morgan fingerprint density at radius 1 is 1.00 bits per heavy atom. The summed E-state index contributed by atoms with van der Waals surface area (Å²) < 4.78 is 0. The van der Waals surface area contributed by atoms with Crippen molar-refractivity contribution in [2.45, 2.75) is 24.9 Å². The molecule has 3 rings (SSSR count). The molecule has 2 unspecified atom stereocenters. The summed E-state index contributed by atoms with van der Waals surface area (Å²) in [7, 11) is 2.28. The van der Waals surface area contributed by atoms with Gasteiger partial charge < -0.3 is 4.90 Å². The summed E-state index contributed by atoms with van der Waals surface area (Å²) in [6.45, 7) is 2.41. The fraction of sp³-hybridized carbons (Fsp3) is 0.538. The highest BCUT2D eigenvalue weighted by molar-refractivity contribution is 5.47. The predicted molar refractivity (Wildman–Crippen MR) is 63.2 cm³/mol. The van der Waals surface area contributed by atoms with Crippen LogP contribution in [0.5, 0.6) is 0 Å². The van der Waals surface area contributed by atoms with Gasteiger partial charge in [0.2, 0.25) is 0 Å². The summed E-state index contributed by atoms with van der Waals surface area (Å²) >= 11 is 0. The monoisotopic (exact) mass is 202 g/mol. The van der Waals surface area contributed by atoms with Crippen molar-refractivity contribution in [3.05, 3.63) is 30.3 Å². The van der Waals surface area contributed by atoms with Crippen molar-refractivity contribution in [1.29, 1.82) is 0 Å². The van der Waals surface area contributed by atoms with Crippen LogP contribution in [0.1, 0.15) is 12.8 Å². The molecule has 2 heterocycles. The van der Waals surface area contributed by atoms with Crippen molar-refractivity contribution in [3.8, 4) is 0 Å². The molecular weight excluding hydrogens is 184 g/mol. The summed E-state index contributed by atoms with van der Waals surface area (Å²) in [6, 6.07) is 12.4. The van der Waals surface area contributed by atoms with Crippen molar-refractivity contribution >= 4 is 5.69 Å². The molecule has 0 aliphatic carbocycles. The lowest BCUT2D eigenvalue weighted by molar-refractivity contribution is 0.212. The third-order valence-electron chi connectivity index (χ3n) is 3.97. The number of hydrogen-bond donors (Lipinski definition) is 0. The fourth-order valence-corrected chi connectivity index (χ4v) is 2.96. The maximum atomic E-state index is 2.57. The van der Waals surface area contributed by atoms with E-state index in [0.29, 0.717) is 0 Å². The molecule has 0 radical (unpaired) electrons. The molecule has 2 heteroatoms. The Bertz CT molecular complexity index is 322. The Morgan fingerprint density at radius 3 is 2.20 bits per heavy atom. The highest BCUT2D eigenvalue weighted by Gasteiger charge is 2.37. The Morgan fingerprint density at radius 2 is 1.60 bits per heavy atom. The molecule has 0 N–H and O–H groups in total. The molecule has 2 atom stereocenters. The first-order chi connectivity index (χ1) is 7.34. The molecule has 0 amide bonds. The maximum absolute atomic E-state index is 2.57. The number of piperazine rings is 1. The lowest BCUT2D eigenvalue weighted by atomic mass is 10.2. The Kier molecular flexibility index (Phi) is 2.17. The quantitative estimate of drug-likeness (QED) is 0.687. The summed E-state index contributed by atoms with van der Waals surface area (Å²) in [5.74, 6) is 0. The number of anilines is 1. The molecule has 2 fully saturated rings. The molecule has 2 aliphatic heterocycles. The van der Waals surface area contributed by atoms with Gasteiger partial charge in [0.25, 0.3) is 0 Å². The molecule has 1 aromatic carbocycles. The van der Waals surface area contributed by atoms with Crippen LogP contribution in [0.2, 0.25) is 0 Å². The molecular formula is C13H18N2. The smallest absolute Gasteiger partial charge is 0.0367 e. The van der Waals surface area contributed by atoms with E-state index in [1.165, 1.54) is 31.6 Å². The number of hydrogen-bond acceptors (Lipinski definition) is 2. The van der Waals surface area contributed by atoms with Gasteiger partial charge in [0.1, 0.15) is 0 Å².